The van der Waals surface area contributed by atoms with Crippen LogP contribution in [-0.4, -0.2) is 65.7 Å². The van der Waals surface area contributed by atoms with Crippen LogP contribution in [0.3, 0.4) is 0 Å². The van der Waals surface area contributed by atoms with Crippen molar-refractivity contribution < 1.29 is 14.7 Å². The highest BCUT2D eigenvalue weighted by molar-refractivity contribution is 5.76. The van der Waals surface area contributed by atoms with Gasteiger partial charge in [0.15, 0.2) is 0 Å². The summed E-state index contributed by atoms with van der Waals surface area (Å²) >= 11 is 0. The summed E-state index contributed by atoms with van der Waals surface area (Å²) in [5.74, 6) is -1.04. The van der Waals surface area contributed by atoms with Crippen LogP contribution in [0, 0.1) is 11.8 Å². The summed E-state index contributed by atoms with van der Waals surface area (Å²) in [6.45, 7) is 11.6. The van der Waals surface area contributed by atoms with E-state index in [4.69, 9.17) is 5.11 Å². The van der Waals surface area contributed by atoms with Gasteiger partial charge in [-0.05, 0) is 26.2 Å². The summed E-state index contributed by atoms with van der Waals surface area (Å²) in [6, 6.07) is 0.353. The fourth-order valence-electron chi connectivity index (χ4n) is 2.60. The lowest BCUT2D eigenvalue weighted by Gasteiger charge is -2.37. The van der Waals surface area contributed by atoms with Crippen LogP contribution in [0.4, 0.5) is 4.79 Å². The van der Waals surface area contributed by atoms with Gasteiger partial charge in [-0.2, -0.15) is 0 Å². The van der Waals surface area contributed by atoms with Gasteiger partial charge in [-0.3, -0.25) is 9.69 Å². The zero-order valence-corrected chi connectivity index (χ0v) is 13.6. The molecule has 0 spiro atoms. The molecule has 0 aromatic carbocycles. The minimum Gasteiger partial charge on any atom is -0.481 e. The second kappa shape index (κ2) is 8.22. The average molecular weight is 299 g/mol. The predicted molar refractivity (Wildman–Crippen MR) is 82.3 cm³/mol. The molecule has 1 atom stereocenters. The van der Waals surface area contributed by atoms with Crippen molar-refractivity contribution in [3.63, 3.8) is 0 Å². The molecule has 1 rings (SSSR count). The largest absolute Gasteiger partial charge is 0.481 e. The Balaban J connectivity index is 2.38. The maximum atomic E-state index is 12.1. The normalized spacial score (nSPS) is 18.1. The number of rotatable bonds is 6. The number of nitrogens with zero attached hydrogens (tertiary/aromatic N) is 2. The van der Waals surface area contributed by atoms with Gasteiger partial charge in [0.1, 0.15) is 0 Å². The molecule has 1 saturated heterocycles. The van der Waals surface area contributed by atoms with Crippen LogP contribution in [0.2, 0.25) is 0 Å². The molecule has 0 bridgehead atoms. The molecule has 0 aromatic heterocycles. The highest BCUT2D eigenvalue weighted by atomic mass is 16.4. The first-order valence-corrected chi connectivity index (χ1v) is 7.80. The Kier molecular flexibility index (Phi) is 6.95. The Morgan fingerprint density at radius 2 is 1.67 bits per heavy atom. The Bertz CT molecular complexity index is 350. The number of carboxylic acid groups (broad SMARTS) is 1. The van der Waals surface area contributed by atoms with E-state index < -0.39 is 11.9 Å². The Labute approximate surface area is 127 Å². The zero-order chi connectivity index (χ0) is 16.0. The number of nitrogens with one attached hydrogen (secondary N) is 1. The van der Waals surface area contributed by atoms with Crippen LogP contribution in [0.25, 0.3) is 0 Å². The third-order valence-electron chi connectivity index (χ3n) is 3.94. The van der Waals surface area contributed by atoms with E-state index in [0.717, 1.165) is 13.1 Å². The topological polar surface area (TPSA) is 72.9 Å². The van der Waals surface area contributed by atoms with Crippen molar-refractivity contribution in [1.82, 2.24) is 15.1 Å². The van der Waals surface area contributed by atoms with Crippen molar-refractivity contribution in [2.75, 3.05) is 32.7 Å². The van der Waals surface area contributed by atoms with Crippen molar-refractivity contribution in [2.24, 2.45) is 11.8 Å². The van der Waals surface area contributed by atoms with Crippen molar-refractivity contribution in [3.05, 3.63) is 0 Å². The molecule has 0 radical (unpaired) electrons. The average Bonchev–Trinajstić information content (AvgIpc) is 2.42. The van der Waals surface area contributed by atoms with E-state index in [1.54, 1.807) is 4.90 Å². The molecule has 1 aliphatic heterocycles. The Morgan fingerprint density at radius 1 is 1.10 bits per heavy atom. The number of carboxylic acids is 1. The molecule has 2 N–H and O–H groups in total. The highest BCUT2D eigenvalue weighted by Crippen LogP contribution is 2.11. The molecule has 122 valence electrons. The van der Waals surface area contributed by atoms with Crippen molar-refractivity contribution in [1.29, 1.82) is 0 Å². The summed E-state index contributed by atoms with van der Waals surface area (Å²) in [7, 11) is 0. The first-order chi connectivity index (χ1) is 9.81. The molecular formula is C15H29N3O3. The van der Waals surface area contributed by atoms with Gasteiger partial charge in [0.2, 0.25) is 0 Å². The van der Waals surface area contributed by atoms with E-state index >= 15 is 0 Å². The van der Waals surface area contributed by atoms with Crippen LogP contribution < -0.4 is 5.32 Å². The summed E-state index contributed by atoms with van der Waals surface area (Å²) < 4.78 is 0. The summed E-state index contributed by atoms with van der Waals surface area (Å²) in [5, 5.41) is 11.9. The maximum absolute atomic E-state index is 12.1. The molecule has 1 aliphatic rings. The summed E-state index contributed by atoms with van der Waals surface area (Å²) in [4.78, 5) is 27.4. The van der Waals surface area contributed by atoms with Crippen molar-refractivity contribution >= 4 is 12.0 Å². The lowest BCUT2D eigenvalue weighted by molar-refractivity contribution is -0.142. The second-order valence-corrected chi connectivity index (χ2v) is 6.47. The molecular weight excluding hydrogens is 270 g/mol. The molecule has 0 aromatic rings. The summed E-state index contributed by atoms with van der Waals surface area (Å²) in [5.41, 5.74) is 0. The fourth-order valence-corrected chi connectivity index (χ4v) is 2.60. The predicted octanol–water partition coefficient (Wildman–Crippen LogP) is 1.47. The lowest BCUT2D eigenvalue weighted by atomic mass is 9.97. The third kappa shape index (κ3) is 5.91. The molecule has 0 saturated carbocycles. The fraction of sp³-hybridized carbons (Fsp3) is 0.867. The molecule has 2 amide bonds. The van der Waals surface area contributed by atoms with E-state index in [2.05, 4.69) is 24.1 Å². The van der Waals surface area contributed by atoms with Gasteiger partial charge >= 0.3 is 12.0 Å². The van der Waals surface area contributed by atoms with Gasteiger partial charge in [0.25, 0.3) is 0 Å². The number of aliphatic carboxylic acids is 1. The maximum Gasteiger partial charge on any atom is 0.317 e. The van der Waals surface area contributed by atoms with Crippen LogP contribution in [0.5, 0.6) is 0 Å². The molecule has 6 nitrogen and oxygen atoms in total. The lowest BCUT2D eigenvalue weighted by Crippen LogP contribution is -2.53. The molecule has 1 unspecified atom stereocenters. The number of hydrogen-bond acceptors (Lipinski definition) is 3. The minimum atomic E-state index is -0.839. The highest BCUT2D eigenvalue weighted by Gasteiger charge is 2.24. The van der Waals surface area contributed by atoms with Crippen LogP contribution in [0.1, 0.15) is 34.1 Å². The number of hydrogen-bond donors (Lipinski definition) is 2. The quantitative estimate of drug-likeness (QED) is 0.779. The van der Waals surface area contributed by atoms with Gasteiger partial charge in [0, 0.05) is 38.8 Å². The molecule has 0 aliphatic carbocycles. The third-order valence-corrected chi connectivity index (χ3v) is 3.94. The van der Waals surface area contributed by atoms with E-state index in [0.29, 0.717) is 31.5 Å². The number of piperazine rings is 1. The number of urea groups is 1. The van der Waals surface area contributed by atoms with Crippen molar-refractivity contribution in [2.45, 2.75) is 40.2 Å². The van der Waals surface area contributed by atoms with Gasteiger partial charge in [-0.1, -0.05) is 13.8 Å². The number of amides is 2. The number of carbonyl (C=O) groups is 2. The second-order valence-electron chi connectivity index (χ2n) is 6.47. The first-order valence-electron chi connectivity index (χ1n) is 7.80. The van der Waals surface area contributed by atoms with E-state index in [1.165, 1.54) is 0 Å². The monoisotopic (exact) mass is 299 g/mol. The van der Waals surface area contributed by atoms with E-state index in [1.807, 2.05) is 13.8 Å². The molecule has 1 fully saturated rings. The van der Waals surface area contributed by atoms with Gasteiger partial charge in [0.05, 0.1) is 5.92 Å². The Morgan fingerprint density at radius 3 is 2.10 bits per heavy atom. The minimum absolute atomic E-state index is 0.145. The van der Waals surface area contributed by atoms with Crippen LogP contribution in [-0.2, 0) is 4.79 Å². The smallest absolute Gasteiger partial charge is 0.317 e. The van der Waals surface area contributed by atoms with Crippen LogP contribution in [0.15, 0.2) is 0 Å². The molecule has 1 heterocycles. The SMILES string of the molecule is CC(C)CC(CNC(=O)N1CCN(C(C)C)CC1)C(=O)O. The van der Waals surface area contributed by atoms with Crippen LogP contribution >= 0.6 is 0 Å². The molecule has 21 heavy (non-hydrogen) atoms. The van der Waals surface area contributed by atoms with E-state index in [-0.39, 0.29) is 12.6 Å². The van der Waals surface area contributed by atoms with Gasteiger partial charge in [-0.15, -0.1) is 0 Å². The molecule has 6 heteroatoms. The standard InChI is InChI=1S/C15H29N3O3/c1-11(2)9-13(14(19)20)10-16-15(21)18-7-5-17(6-8-18)12(3)4/h11-13H,5-10H2,1-4H3,(H,16,21)(H,19,20). The zero-order valence-electron chi connectivity index (χ0n) is 13.6. The van der Waals surface area contributed by atoms with Gasteiger partial charge < -0.3 is 15.3 Å². The Hall–Kier alpha value is -1.30. The first kappa shape index (κ1) is 17.8. The summed E-state index contributed by atoms with van der Waals surface area (Å²) in [6.07, 6.45) is 0.580. The van der Waals surface area contributed by atoms with Gasteiger partial charge in [-0.25, -0.2) is 4.79 Å². The van der Waals surface area contributed by atoms with E-state index in [9.17, 15) is 9.59 Å². The van der Waals surface area contributed by atoms with Crippen molar-refractivity contribution in [3.8, 4) is 0 Å². The number of carbonyl (C=O) groups excluding carboxylic acids is 1.